The first-order chi connectivity index (χ1) is 10.1. The van der Waals surface area contributed by atoms with E-state index in [0.717, 1.165) is 11.3 Å². The minimum absolute atomic E-state index is 0.0207. The smallest absolute Gasteiger partial charge is 0.324 e. The average molecular weight is 303 g/mol. The van der Waals surface area contributed by atoms with Gasteiger partial charge >= 0.3 is 6.03 Å². The van der Waals surface area contributed by atoms with E-state index in [1.54, 1.807) is 34.3 Å². The van der Waals surface area contributed by atoms with Gasteiger partial charge in [-0.2, -0.15) is 0 Å². The third-order valence-corrected chi connectivity index (χ3v) is 3.86. The number of rotatable bonds is 3. The molecule has 1 aliphatic rings. The molecule has 0 saturated carbocycles. The number of hydrogen-bond acceptors (Lipinski definition) is 3. The Morgan fingerprint density at radius 2 is 1.95 bits per heavy atom. The van der Waals surface area contributed by atoms with Crippen LogP contribution in [0.15, 0.2) is 42.7 Å². The molecule has 1 saturated heterocycles. The van der Waals surface area contributed by atoms with Crippen LogP contribution in [0.5, 0.6) is 0 Å². The summed E-state index contributed by atoms with van der Waals surface area (Å²) in [6.07, 6.45) is 3.27. The Morgan fingerprint density at radius 1 is 1.19 bits per heavy atom. The van der Waals surface area contributed by atoms with E-state index in [4.69, 9.17) is 17.3 Å². The number of carbonyl (C=O) groups is 1. The van der Waals surface area contributed by atoms with Crippen LogP contribution in [-0.2, 0) is 6.54 Å². The molecule has 3 rings (SSSR count). The van der Waals surface area contributed by atoms with Crippen molar-refractivity contribution in [3.05, 3.63) is 53.3 Å². The number of benzene rings is 1. The molecular formula is C15H15ClN4O. The molecule has 5 nitrogen and oxygen atoms in total. The minimum atomic E-state index is -0.0207. The third kappa shape index (κ3) is 2.78. The number of anilines is 2. The fourth-order valence-corrected chi connectivity index (χ4v) is 2.54. The maximum Gasteiger partial charge on any atom is 0.324 e. The lowest BCUT2D eigenvalue weighted by Gasteiger charge is -2.19. The van der Waals surface area contributed by atoms with E-state index in [1.165, 1.54) is 0 Å². The van der Waals surface area contributed by atoms with Gasteiger partial charge in [-0.3, -0.25) is 9.88 Å². The van der Waals surface area contributed by atoms with Gasteiger partial charge < -0.3 is 10.6 Å². The first-order valence-electron chi connectivity index (χ1n) is 6.65. The molecule has 2 amide bonds. The molecule has 1 fully saturated rings. The van der Waals surface area contributed by atoms with E-state index in [-0.39, 0.29) is 6.03 Å². The highest BCUT2D eigenvalue weighted by Gasteiger charge is 2.29. The second-order valence-corrected chi connectivity index (χ2v) is 5.32. The largest absolute Gasteiger partial charge is 0.399 e. The summed E-state index contributed by atoms with van der Waals surface area (Å²) in [7, 11) is 0. The predicted molar refractivity (Wildman–Crippen MR) is 83.3 cm³/mol. The standard InChI is InChI=1S/C15H15ClN4O/c16-14-9-18-6-5-11(14)10-19-7-8-20(15(19)21)13-3-1-12(17)2-4-13/h1-6,9H,7-8,10,17H2. The molecule has 0 aliphatic carbocycles. The second kappa shape index (κ2) is 5.61. The Balaban J connectivity index is 1.75. The van der Waals surface area contributed by atoms with Gasteiger partial charge in [0.25, 0.3) is 0 Å². The molecule has 108 valence electrons. The van der Waals surface area contributed by atoms with Crippen LogP contribution in [-0.4, -0.2) is 29.0 Å². The van der Waals surface area contributed by atoms with Crippen molar-refractivity contribution in [2.75, 3.05) is 23.7 Å². The summed E-state index contributed by atoms with van der Waals surface area (Å²) in [5.74, 6) is 0. The highest BCUT2D eigenvalue weighted by molar-refractivity contribution is 6.31. The van der Waals surface area contributed by atoms with Crippen molar-refractivity contribution in [2.45, 2.75) is 6.54 Å². The summed E-state index contributed by atoms with van der Waals surface area (Å²) in [5, 5.41) is 0.580. The second-order valence-electron chi connectivity index (χ2n) is 4.91. The van der Waals surface area contributed by atoms with Gasteiger partial charge in [0, 0.05) is 43.4 Å². The normalized spacial score (nSPS) is 14.8. The van der Waals surface area contributed by atoms with Crippen molar-refractivity contribution in [1.29, 1.82) is 0 Å². The molecule has 1 aromatic carbocycles. The zero-order valence-electron chi connectivity index (χ0n) is 11.4. The SMILES string of the molecule is Nc1ccc(N2CCN(Cc3ccncc3Cl)C2=O)cc1. The van der Waals surface area contributed by atoms with Crippen LogP contribution < -0.4 is 10.6 Å². The summed E-state index contributed by atoms with van der Waals surface area (Å²) in [4.78, 5) is 19.9. The maximum absolute atomic E-state index is 12.5. The number of nitrogens with two attached hydrogens (primary N) is 1. The first-order valence-corrected chi connectivity index (χ1v) is 7.03. The monoisotopic (exact) mass is 302 g/mol. The zero-order valence-corrected chi connectivity index (χ0v) is 12.1. The number of carbonyl (C=O) groups excluding carboxylic acids is 1. The summed E-state index contributed by atoms with van der Waals surface area (Å²) in [6, 6.07) is 9.12. The molecule has 21 heavy (non-hydrogen) atoms. The number of aromatic nitrogens is 1. The number of nitrogens with zero attached hydrogens (tertiary/aromatic N) is 3. The zero-order chi connectivity index (χ0) is 14.8. The van der Waals surface area contributed by atoms with Crippen LogP contribution >= 0.6 is 11.6 Å². The molecule has 1 aromatic heterocycles. The van der Waals surface area contributed by atoms with Gasteiger partial charge in [0.05, 0.1) is 5.02 Å². The van der Waals surface area contributed by atoms with E-state index in [1.807, 2.05) is 18.2 Å². The maximum atomic E-state index is 12.5. The topological polar surface area (TPSA) is 62.5 Å². The third-order valence-electron chi connectivity index (χ3n) is 3.52. The lowest BCUT2D eigenvalue weighted by atomic mass is 10.2. The van der Waals surface area contributed by atoms with Gasteiger partial charge in [-0.1, -0.05) is 11.6 Å². The van der Waals surface area contributed by atoms with Crippen LogP contribution in [0, 0.1) is 0 Å². The molecule has 6 heteroatoms. The Hall–Kier alpha value is -2.27. The van der Waals surface area contributed by atoms with Gasteiger partial charge in [0.15, 0.2) is 0 Å². The molecule has 2 N–H and O–H groups in total. The fraction of sp³-hybridized carbons (Fsp3) is 0.200. The Kier molecular flexibility index (Phi) is 3.66. The van der Waals surface area contributed by atoms with E-state index >= 15 is 0 Å². The Bertz CT molecular complexity index is 659. The average Bonchev–Trinajstić information content (AvgIpc) is 2.84. The van der Waals surface area contributed by atoms with Gasteiger partial charge in [-0.25, -0.2) is 4.79 Å². The summed E-state index contributed by atoms with van der Waals surface area (Å²) < 4.78 is 0. The molecule has 2 heterocycles. The highest BCUT2D eigenvalue weighted by atomic mass is 35.5. The van der Waals surface area contributed by atoms with E-state index in [2.05, 4.69) is 4.98 Å². The minimum Gasteiger partial charge on any atom is -0.399 e. The van der Waals surface area contributed by atoms with Crippen molar-refractivity contribution < 1.29 is 4.79 Å². The Labute approximate surface area is 127 Å². The number of nitrogen functional groups attached to an aromatic ring is 1. The fourth-order valence-electron chi connectivity index (χ4n) is 2.36. The molecule has 0 spiro atoms. The van der Waals surface area contributed by atoms with Gasteiger partial charge in [0.2, 0.25) is 0 Å². The van der Waals surface area contributed by atoms with Crippen molar-refractivity contribution in [1.82, 2.24) is 9.88 Å². The van der Waals surface area contributed by atoms with E-state index in [0.29, 0.717) is 30.3 Å². The van der Waals surface area contributed by atoms with Crippen LogP contribution in [0.4, 0.5) is 16.2 Å². The van der Waals surface area contributed by atoms with Crippen LogP contribution in [0.3, 0.4) is 0 Å². The lowest BCUT2D eigenvalue weighted by molar-refractivity contribution is 0.219. The molecule has 1 aliphatic heterocycles. The number of hydrogen-bond donors (Lipinski definition) is 1. The number of amides is 2. The number of urea groups is 1. The molecule has 0 atom stereocenters. The molecule has 2 aromatic rings. The van der Waals surface area contributed by atoms with Crippen LogP contribution in [0.2, 0.25) is 5.02 Å². The summed E-state index contributed by atoms with van der Waals surface area (Å²) in [5.41, 5.74) is 8.12. The van der Waals surface area contributed by atoms with Crippen molar-refractivity contribution >= 4 is 29.0 Å². The van der Waals surface area contributed by atoms with Gasteiger partial charge in [0.1, 0.15) is 0 Å². The number of halogens is 1. The highest BCUT2D eigenvalue weighted by Crippen LogP contribution is 2.24. The summed E-state index contributed by atoms with van der Waals surface area (Å²) in [6.45, 7) is 1.82. The quantitative estimate of drug-likeness (QED) is 0.887. The van der Waals surface area contributed by atoms with Crippen molar-refractivity contribution in [2.24, 2.45) is 0 Å². The van der Waals surface area contributed by atoms with Gasteiger partial charge in [-0.05, 0) is 35.9 Å². The Morgan fingerprint density at radius 3 is 2.67 bits per heavy atom. The molecule has 0 bridgehead atoms. The molecule has 0 radical (unpaired) electrons. The van der Waals surface area contributed by atoms with Crippen molar-refractivity contribution in [3.8, 4) is 0 Å². The van der Waals surface area contributed by atoms with E-state index in [9.17, 15) is 4.79 Å². The van der Waals surface area contributed by atoms with Crippen molar-refractivity contribution in [3.63, 3.8) is 0 Å². The number of pyridine rings is 1. The summed E-state index contributed by atoms with van der Waals surface area (Å²) >= 11 is 6.09. The molecular weight excluding hydrogens is 288 g/mol. The molecule has 0 unspecified atom stereocenters. The van der Waals surface area contributed by atoms with Gasteiger partial charge in [-0.15, -0.1) is 0 Å². The lowest BCUT2D eigenvalue weighted by Crippen LogP contribution is -2.31. The van der Waals surface area contributed by atoms with Crippen LogP contribution in [0.1, 0.15) is 5.56 Å². The predicted octanol–water partition coefficient (Wildman–Crippen LogP) is 2.76. The van der Waals surface area contributed by atoms with Crippen LogP contribution in [0.25, 0.3) is 0 Å². The first kappa shape index (κ1) is 13.7. The van der Waals surface area contributed by atoms with E-state index < -0.39 is 0 Å².